The summed E-state index contributed by atoms with van der Waals surface area (Å²) < 4.78 is 5.51. The maximum Gasteiger partial charge on any atom is 0.248 e. The van der Waals surface area contributed by atoms with Gasteiger partial charge in [-0.15, -0.1) is 0 Å². The summed E-state index contributed by atoms with van der Waals surface area (Å²) in [6.45, 7) is 0.445. The predicted molar refractivity (Wildman–Crippen MR) is 67.2 cm³/mol. The lowest BCUT2D eigenvalue weighted by molar-refractivity contribution is 0.100. The fourth-order valence-corrected chi connectivity index (χ4v) is 1.40. The van der Waals surface area contributed by atoms with Crippen LogP contribution >= 0.6 is 0 Å². The molecule has 0 aliphatic rings. The van der Waals surface area contributed by atoms with Crippen LogP contribution in [0.1, 0.15) is 15.9 Å². The van der Waals surface area contributed by atoms with Crippen LogP contribution in [0.2, 0.25) is 0 Å². The second kappa shape index (κ2) is 5.29. The first kappa shape index (κ1) is 12.1. The van der Waals surface area contributed by atoms with Crippen molar-refractivity contribution >= 4 is 5.91 Å². The van der Waals surface area contributed by atoms with Gasteiger partial charge in [0.05, 0.1) is 0 Å². The van der Waals surface area contributed by atoms with E-state index in [4.69, 9.17) is 16.2 Å². The molecule has 2 aromatic rings. The van der Waals surface area contributed by atoms with Crippen molar-refractivity contribution in [1.82, 2.24) is 4.98 Å². The molecule has 0 radical (unpaired) electrons. The van der Waals surface area contributed by atoms with Gasteiger partial charge >= 0.3 is 0 Å². The smallest absolute Gasteiger partial charge is 0.248 e. The lowest BCUT2D eigenvalue weighted by atomic mass is 10.2. The molecular weight excluding hydrogens is 230 g/mol. The van der Waals surface area contributed by atoms with Crippen LogP contribution in [0.15, 0.2) is 42.6 Å². The third kappa shape index (κ3) is 2.83. The fraction of sp³-hybridized carbons (Fsp3) is 0.0769. The van der Waals surface area contributed by atoms with E-state index in [1.807, 2.05) is 6.07 Å². The Morgan fingerprint density at radius 1 is 1.17 bits per heavy atom. The number of benzene rings is 1. The summed E-state index contributed by atoms with van der Waals surface area (Å²) in [5.74, 6) is 0.596. The molecule has 4 N–H and O–H groups in total. The number of nitrogens with zero attached hydrogens (tertiary/aromatic N) is 1. The van der Waals surface area contributed by atoms with Crippen LogP contribution in [0.4, 0.5) is 0 Å². The van der Waals surface area contributed by atoms with Crippen molar-refractivity contribution in [1.29, 1.82) is 0 Å². The molecule has 92 valence electrons. The molecular formula is C13H13N3O2. The molecule has 1 aromatic heterocycles. The van der Waals surface area contributed by atoms with Crippen LogP contribution in [0.5, 0.6) is 11.6 Å². The molecule has 1 amide bonds. The summed E-state index contributed by atoms with van der Waals surface area (Å²) in [4.78, 5) is 15.0. The van der Waals surface area contributed by atoms with Gasteiger partial charge in [0, 0.05) is 24.4 Å². The first-order chi connectivity index (χ1) is 8.69. The third-order valence-electron chi connectivity index (χ3n) is 2.39. The van der Waals surface area contributed by atoms with E-state index in [-0.39, 0.29) is 0 Å². The summed E-state index contributed by atoms with van der Waals surface area (Å²) in [6, 6.07) is 10.1. The molecule has 0 fully saturated rings. The van der Waals surface area contributed by atoms with E-state index in [1.54, 1.807) is 36.5 Å². The zero-order valence-corrected chi connectivity index (χ0v) is 9.67. The minimum absolute atomic E-state index is 0.439. The largest absolute Gasteiger partial charge is 0.439 e. The molecule has 0 bridgehead atoms. The quantitative estimate of drug-likeness (QED) is 0.849. The Labute approximate surface area is 104 Å². The highest BCUT2D eigenvalue weighted by Gasteiger charge is 2.02. The van der Waals surface area contributed by atoms with Gasteiger partial charge in [-0.3, -0.25) is 4.79 Å². The Bertz CT molecular complexity index is 535. The van der Waals surface area contributed by atoms with E-state index < -0.39 is 5.91 Å². The minimum Gasteiger partial charge on any atom is -0.439 e. The number of primary amides is 1. The lowest BCUT2D eigenvalue weighted by Gasteiger charge is -2.05. The van der Waals surface area contributed by atoms with Gasteiger partial charge in [0.25, 0.3) is 0 Å². The molecule has 0 aliphatic carbocycles. The number of hydrogen-bond acceptors (Lipinski definition) is 4. The molecule has 18 heavy (non-hydrogen) atoms. The monoisotopic (exact) mass is 243 g/mol. The number of pyridine rings is 1. The number of amides is 1. The van der Waals surface area contributed by atoms with Gasteiger partial charge in [0.15, 0.2) is 0 Å². The van der Waals surface area contributed by atoms with E-state index in [9.17, 15) is 4.79 Å². The molecule has 0 saturated heterocycles. The van der Waals surface area contributed by atoms with Gasteiger partial charge in [-0.1, -0.05) is 6.07 Å². The number of carbonyl (C=O) groups excluding carboxylic acids is 1. The zero-order valence-electron chi connectivity index (χ0n) is 9.67. The predicted octanol–water partition coefficient (Wildman–Crippen LogP) is 1.43. The van der Waals surface area contributed by atoms with E-state index in [2.05, 4.69) is 4.98 Å². The summed E-state index contributed by atoms with van der Waals surface area (Å²) in [5, 5.41) is 0. The van der Waals surface area contributed by atoms with Gasteiger partial charge < -0.3 is 16.2 Å². The number of ether oxygens (including phenoxy) is 1. The van der Waals surface area contributed by atoms with Crippen LogP contribution < -0.4 is 16.2 Å². The molecule has 0 atom stereocenters. The number of nitrogens with two attached hydrogens (primary N) is 2. The highest BCUT2D eigenvalue weighted by Crippen LogP contribution is 2.19. The van der Waals surface area contributed by atoms with Crippen LogP contribution in [0.3, 0.4) is 0 Å². The normalized spacial score (nSPS) is 10.1. The van der Waals surface area contributed by atoms with E-state index in [0.717, 1.165) is 5.56 Å². The SMILES string of the molecule is NCc1ccc(Oc2ccc(C(N)=O)cc2)nc1. The Hall–Kier alpha value is -2.40. The summed E-state index contributed by atoms with van der Waals surface area (Å²) in [6.07, 6.45) is 1.66. The molecule has 0 saturated carbocycles. The topological polar surface area (TPSA) is 91.2 Å². The maximum atomic E-state index is 10.9. The van der Waals surface area contributed by atoms with Gasteiger partial charge in [-0.2, -0.15) is 0 Å². The average Bonchev–Trinajstić information content (AvgIpc) is 2.40. The molecule has 0 spiro atoms. The zero-order chi connectivity index (χ0) is 13.0. The molecule has 5 heteroatoms. The fourth-order valence-electron chi connectivity index (χ4n) is 1.40. The van der Waals surface area contributed by atoms with Crippen molar-refractivity contribution in [3.05, 3.63) is 53.7 Å². The molecule has 0 unspecified atom stereocenters. The second-order valence-corrected chi connectivity index (χ2v) is 3.70. The van der Waals surface area contributed by atoms with Gasteiger partial charge in [-0.05, 0) is 29.8 Å². The van der Waals surface area contributed by atoms with Crippen LogP contribution in [-0.2, 0) is 6.54 Å². The first-order valence-electron chi connectivity index (χ1n) is 5.42. The molecule has 0 aliphatic heterocycles. The van der Waals surface area contributed by atoms with Crippen molar-refractivity contribution < 1.29 is 9.53 Å². The molecule has 5 nitrogen and oxygen atoms in total. The van der Waals surface area contributed by atoms with Crippen molar-refractivity contribution in [2.24, 2.45) is 11.5 Å². The van der Waals surface area contributed by atoms with Gasteiger partial charge in [0.1, 0.15) is 5.75 Å². The summed E-state index contributed by atoms with van der Waals surface area (Å²) in [5.41, 5.74) is 12.0. The van der Waals surface area contributed by atoms with Crippen molar-refractivity contribution in [2.45, 2.75) is 6.54 Å². The number of aromatic nitrogens is 1. The van der Waals surface area contributed by atoms with Crippen molar-refractivity contribution in [3.63, 3.8) is 0 Å². The maximum absolute atomic E-state index is 10.9. The first-order valence-corrected chi connectivity index (χ1v) is 5.42. The number of hydrogen-bond donors (Lipinski definition) is 2. The summed E-state index contributed by atoms with van der Waals surface area (Å²) in [7, 11) is 0. The van der Waals surface area contributed by atoms with Crippen LogP contribution in [0.25, 0.3) is 0 Å². The van der Waals surface area contributed by atoms with Gasteiger partial charge in [0.2, 0.25) is 11.8 Å². The third-order valence-corrected chi connectivity index (χ3v) is 2.39. The average molecular weight is 243 g/mol. The lowest BCUT2D eigenvalue weighted by Crippen LogP contribution is -2.10. The van der Waals surface area contributed by atoms with E-state index in [1.165, 1.54) is 0 Å². The Balaban J connectivity index is 2.10. The Kier molecular flexibility index (Phi) is 3.54. The number of rotatable bonds is 4. The van der Waals surface area contributed by atoms with Gasteiger partial charge in [-0.25, -0.2) is 4.98 Å². The highest BCUT2D eigenvalue weighted by molar-refractivity contribution is 5.92. The van der Waals surface area contributed by atoms with E-state index >= 15 is 0 Å². The summed E-state index contributed by atoms with van der Waals surface area (Å²) >= 11 is 0. The Morgan fingerprint density at radius 2 is 1.89 bits per heavy atom. The Morgan fingerprint density at radius 3 is 2.39 bits per heavy atom. The van der Waals surface area contributed by atoms with Crippen molar-refractivity contribution in [3.8, 4) is 11.6 Å². The highest BCUT2D eigenvalue weighted by atomic mass is 16.5. The van der Waals surface area contributed by atoms with E-state index in [0.29, 0.717) is 23.7 Å². The number of carbonyl (C=O) groups is 1. The van der Waals surface area contributed by atoms with Crippen LogP contribution in [-0.4, -0.2) is 10.9 Å². The molecule has 1 aromatic carbocycles. The van der Waals surface area contributed by atoms with Crippen molar-refractivity contribution in [2.75, 3.05) is 0 Å². The molecule has 2 rings (SSSR count). The standard InChI is InChI=1S/C13H13N3O2/c14-7-9-1-6-12(16-8-9)18-11-4-2-10(3-5-11)13(15)17/h1-6,8H,7,14H2,(H2,15,17). The minimum atomic E-state index is -0.466. The van der Waals surface area contributed by atoms with Crippen LogP contribution in [0, 0.1) is 0 Å². The molecule has 1 heterocycles. The second-order valence-electron chi connectivity index (χ2n) is 3.70.